The molecule has 3 aliphatic rings. The number of thioether (sulfide) groups is 1. The number of nitrogens with one attached hydrogen (secondary N) is 2. The van der Waals surface area contributed by atoms with Gasteiger partial charge in [0.25, 0.3) is 0 Å². The van der Waals surface area contributed by atoms with Gasteiger partial charge >= 0.3 is 0 Å². The van der Waals surface area contributed by atoms with Crippen LogP contribution < -0.4 is 10.6 Å². The van der Waals surface area contributed by atoms with Crippen molar-refractivity contribution in [1.82, 2.24) is 15.5 Å². The molecule has 0 aromatic heterocycles. The minimum atomic E-state index is 0.0397. The molecule has 1 aliphatic carbocycles. The van der Waals surface area contributed by atoms with Crippen molar-refractivity contribution in [2.45, 2.75) is 56.7 Å². The molecule has 3 fully saturated rings. The highest BCUT2D eigenvalue weighted by atomic mass is 32.2. The molecule has 0 aromatic carbocycles. The molecule has 3 rings (SSSR count). The second-order valence-electron chi connectivity index (χ2n) is 6.03. The molecule has 0 radical (unpaired) electrons. The fourth-order valence-electron chi connectivity index (χ4n) is 3.54. The number of hydrogen-bond donors (Lipinski definition) is 2. The van der Waals surface area contributed by atoms with Crippen molar-refractivity contribution in [3.8, 4) is 0 Å². The number of piperidine rings is 1. The Morgan fingerprint density at radius 3 is 2.53 bits per heavy atom. The Morgan fingerprint density at radius 1 is 1.16 bits per heavy atom. The summed E-state index contributed by atoms with van der Waals surface area (Å²) in [6.45, 7) is 2.34. The topological polar surface area (TPSA) is 44.4 Å². The molecule has 1 atom stereocenters. The molecule has 1 amide bonds. The summed E-state index contributed by atoms with van der Waals surface area (Å²) in [4.78, 5) is 14.7. The van der Waals surface area contributed by atoms with Crippen LogP contribution in [0.15, 0.2) is 0 Å². The van der Waals surface area contributed by atoms with Crippen LogP contribution in [0, 0.1) is 0 Å². The van der Waals surface area contributed by atoms with Gasteiger partial charge in [0, 0.05) is 36.8 Å². The van der Waals surface area contributed by atoms with E-state index in [0.717, 1.165) is 30.5 Å². The van der Waals surface area contributed by atoms with E-state index in [4.69, 9.17) is 0 Å². The maximum Gasteiger partial charge on any atom is 0.238 e. The van der Waals surface area contributed by atoms with Gasteiger partial charge in [0.1, 0.15) is 0 Å². The quantitative estimate of drug-likeness (QED) is 0.816. The summed E-state index contributed by atoms with van der Waals surface area (Å²) < 4.78 is 0. The number of hydrogen-bond acceptors (Lipinski definition) is 4. The summed E-state index contributed by atoms with van der Waals surface area (Å²) in [5, 5.41) is 6.47. The van der Waals surface area contributed by atoms with Gasteiger partial charge in [0.05, 0.1) is 6.04 Å². The lowest BCUT2D eigenvalue weighted by Crippen LogP contribution is -2.51. The second-order valence-corrected chi connectivity index (χ2v) is 7.06. The summed E-state index contributed by atoms with van der Waals surface area (Å²) in [6, 6.07) is 1.28. The minimum Gasteiger partial charge on any atom is -0.352 e. The van der Waals surface area contributed by atoms with E-state index in [1.165, 1.54) is 38.8 Å². The maximum atomic E-state index is 12.1. The van der Waals surface area contributed by atoms with Crippen molar-refractivity contribution in [3.63, 3.8) is 0 Å². The van der Waals surface area contributed by atoms with Crippen LogP contribution in [0.5, 0.6) is 0 Å². The molecule has 1 saturated carbocycles. The Hall–Kier alpha value is -0.260. The zero-order valence-electron chi connectivity index (χ0n) is 11.6. The molecule has 0 aromatic rings. The highest BCUT2D eigenvalue weighted by Crippen LogP contribution is 2.26. The van der Waals surface area contributed by atoms with Gasteiger partial charge in [-0.2, -0.15) is 0 Å². The van der Waals surface area contributed by atoms with E-state index in [2.05, 4.69) is 15.5 Å². The van der Waals surface area contributed by atoms with Crippen molar-refractivity contribution in [2.24, 2.45) is 0 Å². The van der Waals surface area contributed by atoms with Crippen LogP contribution in [-0.4, -0.2) is 53.7 Å². The SMILES string of the molecule is O=C(NC1CCN(C2CCCC2)CC1)C1CSCN1. The van der Waals surface area contributed by atoms with Crippen molar-refractivity contribution in [2.75, 3.05) is 24.7 Å². The fourth-order valence-corrected chi connectivity index (χ4v) is 4.49. The van der Waals surface area contributed by atoms with Gasteiger partial charge in [0.15, 0.2) is 0 Å². The zero-order chi connectivity index (χ0) is 13.1. The fraction of sp³-hybridized carbons (Fsp3) is 0.929. The first-order valence-electron chi connectivity index (χ1n) is 7.68. The lowest BCUT2D eigenvalue weighted by atomic mass is 10.0. The van der Waals surface area contributed by atoms with Crippen LogP contribution in [0.1, 0.15) is 38.5 Å². The van der Waals surface area contributed by atoms with Crippen molar-refractivity contribution < 1.29 is 4.79 Å². The number of carbonyl (C=O) groups is 1. The van der Waals surface area contributed by atoms with Gasteiger partial charge in [-0.25, -0.2) is 0 Å². The van der Waals surface area contributed by atoms with Gasteiger partial charge < -0.3 is 10.2 Å². The first kappa shape index (κ1) is 13.7. The Morgan fingerprint density at radius 2 is 1.89 bits per heavy atom. The summed E-state index contributed by atoms with van der Waals surface area (Å²) in [5.74, 6) is 2.05. The number of nitrogens with zero attached hydrogens (tertiary/aromatic N) is 1. The maximum absolute atomic E-state index is 12.1. The summed E-state index contributed by atoms with van der Waals surface area (Å²) >= 11 is 1.81. The second kappa shape index (κ2) is 6.46. The van der Waals surface area contributed by atoms with Gasteiger partial charge in [-0.15, -0.1) is 11.8 Å². The Labute approximate surface area is 120 Å². The third-order valence-electron chi connectivity index (χ3n) is 4.75. The van der Waals surface area contributed by atoms with E-state index in [1.54, 1.807) is 0 Å². The van der Waals surface area contributed by atoms with Gasteiger partial charge in [0.2, 0.25) is 5.91 Å². The molecule has 5 heteroatoms. The molecule has 2 heterocycles. The van der Waals surface area contributed by atoms with Gasteiger partial charge in [-0.3, -0.25) is 10.1 Å². The number of rotatable bonds is 3. The van der Waals surface area contributed by atoms with Gasteiger partial charge in [-0.1, -0.05) is 12.8 Å². The molecule has 2 saturated heterocycles. The average molecular weight is 283 g/mol. The molecule has 1 unspecified atom stereocenters. The molecule has 108 valence electrons. The minimum absolute atomic E-state index is 0.0397. The lowest BCUT2D eigenvalue weighted by Gasteiger charge is -2.36. The van der Waals surface area contributed by atoms with Crippen LogP contribution in [0.2, 0.25) is 0 Å². The van der Waals surface area contributed by atoms with Crippen molar-refractivity contribution >= 4 is 17.7 Å². The molecule has 0 spiro atoms. The van der Waals surface area contributed by atoms with Crippen molar-refractivity contribution in [3.05, 3.63) is 0 Å². The first-order chi connectivity index (χ1) is 9.33. The normalized spacial score (nSPS) is 30.8. The number of carbonyl (C=O) groups excluding carboxylic acids is 1. The predicted molar refractivity (Wildman–Crippen MR) is 79.2 cm³/mol. The third-order valence-corrected chi connectivity index (χ3v) is 5.69. The monoisotopic (exact) mass is 283 g/mol. The highest BCUT2D eigenvalue weighted by Gasteiger charge is 2.29. The Bertz CT molecular complexity index is 306. The Balaban J connectivity index is 1.41. The Kier molecular flexibility index (Phi) is 4.66. The molecule has 19 heavy (non-hydrogen) atoms. The van der Waals surface area contributed by atoms with Crippen molar-refractivity contribution in [1.29, 1.82) is 0 Å². The van der Waals surface area contributed by atoms with E-state index >= 15 is 0 Å². The highest BCUT2D eigenvalue weighted by molar-refractivity contribution is 7.99. The lowest BCUT2D eigenvalue weighted by molar-refractivity contribution is -0.123. The van der Waals surface area contributed by atoms with Crippen LogP contribution in [0.4, 0.5) is 0 Å². The molecular weight excluding hydrogens is 258 g/mol. The first-order valence-corrected chi connectivity index (χ1v) is 8.84. The zero-order valence-corrected chi connectivity index (χ0v) is 12.4. The van der Waals surface area contributed by atoms with E-state index in [0.29, 0.717) is 6.04 Å². The van der Waals surface area contributed by atoms with Crippen LogP contribution in [-0.2, 0) is 4.79 Å². The van der Waals surface area contributed by atoms with E-state index < -0.39 is 0 Å². The standard InChI is InChI=1S/C14H25N3OS/c18-14(13-9-19-10-15-13)16-11-5-7-17(8-6-11)12-3-1-2-4-12/h11-13,15H,1-10H2,(H,16,18). The molecule has 2 N–H and O–H groups in total. The average Bonchev–Trinajstić information content (AvgIpc) is 3.13. The molecule has 0 bridgehead atoms. The number of amides is 1. The van der Waals surface area contributed by atoms with Gasteiger partial charge in [-0.05, 0) is 25.7 Å². The predicted octanol–water partition coefficient (Wildman–Crippen LogP) is 1.17. The van der Waals surface area contributed by atoms with E-state index in [1.807, 2.05) is 11.8 Å². The number of likely N-dealkylation sites (tertiary alicyclic amines) is 1. The summed E-state index contributed by atoms with van der Waals surface area (Å²) in [5.41, 5.74) is 0. The smallest absolute Gasteiger partial charge is 0.238 e. The summed E-state index contributed by atoms with van der Waals surface area (Å²) in [7, 11) is 0. The molecular formula is C14H25N3OS. The van der Waals surface area contributed by atoms with Crippen LogP contribution in [0.3, 0.4) is 0 Å². The van der Waals surface area contributed by atoms with E-state index in [9.17, 15) is 4.79 Å². The third kappa shape index (κ3) is 3.44. The molecule has 4 nitrogen and oxygen atoms in total. The molecule has 2 aliphatic heterocycles. The van der Waals surface area contributed by atoms with E-state index in [-0.39, 0.29) is 11.9 Å². The van der Waals surface area contributed by atoms with Crippen LogP contribution in [0.25, 0.3) is 0 Å². The summed E-state index contributed by atoms with van der Waals surface area (Å²) in [6.07, 6.45) is 7.85. The largest absolute Gasteiger partial charge is 0.352 e. The van der Waals surface area contributed by atoms with Crippen LogP contribution >= 0.6 is 11.8 Å².